The Morgan fingerprint density at radius 1 is 0.364 bits per heavy atom. The van der Waals surface area contributed by atoms with Crippen molar-refractivity contribution < 1.29 is 60.0 Å². The van der Waals surface area contributed by atoms with Crippen molar-refractivity contribution in [1.82, 2.24) is 29.4 Å². The number of aliphatic carboxylic acids is 4. The highest BCUT2D eigenvalue weighted by molar-refractivity contribution is 5.73. The summed E-state index contributed by atoms with van der Waals surface area (Å²) in [6.45, 7) is 1.83. The van der Waals surface area contributed by atoms with E-state index in [0.29, 0.717) is 0 Å². The lowest BCUT2D eigenvalue weighted by atomic mass is 10.4. The number of nitrogens with zero attached hydrogens (tertiary/aromatic N) is 6. The van der Waals surface area contributed by atoms with Crippen LogP contribution in [0.5, 0.6) is 0 Å². The molecule has 0 aliphatic rings. The third kappa shape index (κ3) is 62.9. The highest BCUT2D eigenvalue weighted by Crippen LogP contribution is 1.94. The van der Waals surface area contributed by atoms with E-state index in [4.69, 9.17) is 40.9 Å². The number of carbonyl (C=O) groups is 4. The second-order valence-corrected chi connectivity index (χ2v) is 10.1. The second kappa shape index (κ2) is 36.7. The summed E-state index contributed by atoms with van der Waals surface area (Å²) >= 11 is 0. The van der Waals surface area contributed by atoms with Crippen LogP contribution in [0.1, 0.15) is 0 Å². The van der Waals surface area contributed by atoms with Crippen molar-refractivity contribution in [2.45, 2.75) is 0 Å². The number of carboxylic acid groups (broad SMARTS) is 4. The van der Waals surface area contributed by atoms with E-state index in [-0.39, 0.29) is 39.5 Å². The molecule has 0 aromatic heterocycles. The maximum atomic E-state index is 10.6. The summed E-state index contributed by atoms with van der Waals surface area (Å²) in [6, 6.07) is 0. The summed E-state index contributed by atoms with van der Waals surface area (Å²) in [6.07, 6.45) is 0. The van der Waals surface area contributed by atoms with Crippen LogP contribution in [0.25, 0.3) is 0 Å². The molecule has 0 atom stereocenters. The molecule has 0 saturated heterocycles. The lowest BCUT2D eigenvalue weighted by molar-refractivity contribution is -0.145. The molecule has 0 aliphatic carbocycles. The largest absolute Gasteiger partial charge is 0.480 e. The van der Waals surface area contributed by atoms with Gasteiger partial charge in [-0.25, -0.2) is 0 Å². The summed E-state index contributed by atoms with van der Waals surface area (Å²) in [5.74, 6) is -4.91. The fourth-order valence-corrected chi connectivity index (χ4v) is 2.28. The van der Waals surface area contributed by atoms with Crippen LogP contribution in [0, 0.1) is 0 Å². The highest BCUT2D eigenvalue weighted by atomic mass is 16.4. The molecule has 0 rings (SSSR count). The molecule has 44 heavy (non-hydrogen) atoms. The van der Waals surface area contributed by atoms with E-state index in [0.717, 1.165) is 36.0 Å². The molecule has 0 aromatic rings. The van der Waals surface area contributed by atoms with Crippen LogP contribution in [0.4, 0.5) is 0 Å². The number of rotatable bonds is 19. The minimum Gasteiger partial charge on any atom is -0.480 e. The molecule has 266 valence electrons. The van der Waals surface area contributed by atoms with Gasteiger partial charge in [0.05, 0.1) is 52.6 Å². The first-order valence-corrected chi connectivity index (χ1v) is 13.6. The van der Waals surface area contributed by atoms with Crippen molar-refractivity contribution in [2.24, 2.45) is 0 Å². The van der Waals surface area contributed by atoms with Crippen LogP contribution in [-0.2, 0) is 19.2 Å². The summed E-state index contributed by atoms with van der Waals surface area (Å²) in [5, 5.41) is 67.2. The second-order valence-electron chi connectivity index (χ2n) is 10.1. The monoisotopic (exact) mass is 648 g/mol. The topological polar surface area (TPSA) is 250 Å². The number of aliphatic hydroxyl groups excluding tert-OH is 4. The van der Waals surface area contributed by atoms with Crippen LogP contribution in [0.15, 0.2) is 0 Å². The zero-order valence-electron chi connectivity index (χ0n) is 27.8. The molecule has 0 amide bonds. The first-order valence-electron chi connectivity index (χ1n) is 13.6. The first-order chi connectivity index (χ1) is 20.3. The molecule has 0 heterocycles. The molecule has 0 fully saturated rings. The third-order valence-corrected chi connectivity index (χ3v) is 4.36. The molecule has 0 bridgehead atoms. The maximum Gasteiger partial charge on any atom is 0.317 e. The molecule has 0 aromatic carbocycles. The quantitative estimate of drug-likeness (QED) is 0.0666. The minimum absolute atomic E-state index is 0.0703. The molecule has 8 N–H and O–H groups in total. The van der Waals surface area contributed by atoms with Crippen molar-refractivity contribution in [1.29, 1.82) is 0 Å². The lowest BCUT2D eigenvalue weighted by Crippen LogP contribution is -2.43. The van der Waals surface area contributed by atoms with Gasteiger partial charge in [0.25, 0.3) is 0 Å². The smallest absolute Gasteiger partial charge is 0.317 e. The van der Waals surface area contributed by atoms with Gasteiger partial charge in [0.1, 0.15) is 0 Å². The lowest BCUT2D eigenvalue weighted by Gasteiger charge is -2.23. The van der Waals surface area contributed by atoms with Crippen molar-refractivity contribution in [3.05, 3.63) is 0 Å². The third-order valence-electron chi connectivity index (χ3n) is 4.36. The Balaban J connectivity index is -0.000000171. The summed E-state index contributed by atoms with van der Waals surface area (Å²) in [4.78, 5) is 52.1. The molecule has 18 nitrogen and oxygen atoms in total. The molecule has 0 saturated carbocycles. The molecule has 0 aliphatic heterocycles. The van der Waals surface area contributed by atoms with Crippen LogP contribution in [0.2, 0.25) is 0 Å². The Hall–Kier alpha value is -2.52. The first kappa shape index (κ1) is 51.1. The molecule has 0 spiro atoms. The molecular weight excluding hydrogens is 588 g/mol. The van der Waals surface area contributed by atoms with Crippen molar-refractivity contribution >= 4 is 23.9 Å². The average molecular weight is 649 g/mol. The van der Waals surface area contributed by atoms with Gasteiger partial charge in [-0.05, 0) is 56.4 Å². The Kier molecular flexibility index (Phi) is 42.6. The fourth-order valence-electron chi connectivity index (χ4n) is 2.28. The number of carboxylic acids is 4. The summed E-state index contributed by atoms with van der Waals surface area (Å²) in [5.41, 5.74) is 0. The highest BCUT2D eigenvalue weighted by Gasteiger charge is 2.18. The van der Waals surface area contributed by atoms with E-state index in [1.807, 2.05) is 76.0 Å². The van der Waals surface area contributed by atoms with Gasteiger partial charge in [-0.2, -0.15) is 0 Å². The minimum atomic E-state index is -1.23. The van der Waals surface area contributed by atoms with Crippen LogP contribution < -0.4 is 0 Å². The van der Waals surface area contributed by atoms with Gasteiger partial charge < -0.3 is 60.5 Å². The van der Waals surface area contributed by atoms with Gasteiger partial charge in [-0.1, -0.05) is 0 Å². The van der Waals surface area contributed by atoms with E-state index >= 15 is 0 Å². The molecule has 0 radical (unpaired) electrons. The van der Waals surface area contributed by atoms with E-state index in [1.54, 1.807) is 0 Å². The van der Waals surface area contributed by atoms with Crippen LogP contribution in [-0.4, -0.2) is 242 Å². The number of aliphatic hydroxyl groups is 4. The number of likely N-dealkylation sites (N-methyl/N-ethyl adjacent to an activating group) is 4. The predicted molar refractivity (Wildman–Crippen MR) is 166 cm³/mol. The SMILES string of the molecule is CN(C)CCO.CN(C)CCO.CN(C)CCO.CN(C)CCO.O=C(O)CN(CCN(CC(=O)O)CC(=O)O)CC(=O)O. The van der Waals surface area contributed by atoms with E-state index in [9.17, 15) is 19.2 Å². The van der Waals surface area contributed by atoms with Crippen LogP contribution in [0.3, 0.4) is 0 Å². The Labute approximate surface area is 261 Å². The van der Waals surface area contributed by atoms with E-state index in [1.165, 1.54) is 0 Å². The summed E-state index contributed by atoms with van der Waals surface area (Å²) in [7, 11) is 15.4. The zero-order valence-corrected chi connectivity index (χ0v) is 27.8. The molecular formula is C26H60N6O12. The zero-order chi connectivity index (χ0) is 35.7. The van der Waals surface area contributed by atoms with Crippen molar-refractivity contribution in [3.63, 3.8) is 0 Å². The van der Waals surface area contributed by atoms with E-state index < -0.39 is 50.1 Å². The van der Waals surface area contributed by atoms with Crippen molar-refractivity contribution in [2.75, 3.05) is 148 Å². The molecule has 0 unspecified atom stereocenters. The van der Waals surface area contributed by atoms with Gasteiger partial charge >= 0.3 is 23.9 Å². The normalized spacial score (nSPS) is 10.3. The average Bonchev–Trinajstić information content (AvgIpc) is 2.82. The van der Waals surface area contributed by atoms with Crippen molar-refractivity contribution in [3.8, 4) is 0 Å². The standard InChI is InChI=1S/C10H16N2O8.4C4H11NO/c13-7(14)3-11(4-8(15)16)1-2-12(5-9(17)18)6-10(19)20;4*1-5(2)3-4-6/h1-6H2,(H,13,14)(H,15,16)(H,17,18)(H,19,20);4*6H,3-4H2,1-2H3. The van der Waals surface area contributed by atoms with Crippen LogP contribution >= 0.6 is 0 Å². The number of hydrogen-bond acceptors (Lipinski definition) is 14. The molecule has 18 heteroatoms. The number of hydrogen-bond donors (Lipinski definition) is 8. The Morgan fingerprint density at radius 3 is 0.591 bits per heavy atom. The van der Waals surface area contributed by atoms with E-state index in [2.05, 4.69) is 0 Å². The maximum absolute atomic E-state index is 10.6. The fraction of sp³-hybridized carbons (Fsp3) is 0.846. The van der Waals surface area contributed by atoms with Gasteiger partial charge in [0.15, 0.2) is 0 Å². The Bertz CT molecular complexity index is 578. The Morgan fingerprint density at radius 2 is 0.523 bits per heavy atom. The van der Waals surface area contributed by atoms with Gasteiger partial charge in [0, 0.05) is 39.3 Å². The van der Waals surface area contributed by atoms with Gasteiger partial charge in [-0.3, -0.25) is 29.0 Å². The predicted octanol–water partition coefficient (Wildman–Crippen LogP) is -3.91. The van der Waals surface area contributed by atoms with Gasteiger partial charge in [-0.15, -0.1) is 0 Å². The summed E-state index contributed by atoms with van der Waals surface area (Å²) < 4.78 is 0. The van der Waals surface area contributed by atoms with Gasteiger partial charge in [0.2, 0.25) is 0 Å².